The molecule has 168 valence electrons. The average Bonchev–Trinajstić information content (AvgIpc) is 3.32. The standard InChI is InChI=1S/C13H11BrN2O2S.C10H7BrN2S/c1-3-18-13(17)16-12-8(6-15)10-9(14)5-4-7(2)11(10)19-12;1-5-2-3-7(11)8-6(4-12)10(13)14-9(5)8/h4-5H,3H2,1-2H3,(H,16,17);2-3H,13H2,1H3. The van der Waals surface area contributed by atoms with Crippen molar-refractivity contribution in [2.45, 2.75) is 20.8 Å². The van der Waals surface area contributed by atoms with E-state index in [0.29, 0.717) is 27.7 Å². The van der Waals surface area contributed by atoms with Gasteiger partial charge in [-0.2, -0.15) is 10.5 Å². The number of amides is 1. The van der Waals surface area contributed by atoms with Gasteiger partial charge < -0.3 is 10.5 Å². The zero-order valence-corrected chi connectivity index (χ0v) is 22.7. The number of hydrogen-bond acceptors (Lipinski definition) is 7. The number of hydrogen-bond donors (Lipinski definition) is 2. The monoisotopic (exact) mass is 604 g/mol. The Labute approximate surface area is 215 Å². The predicted molar refractivity (Wildman–Crippen MR) is 143 cm³/mol. The number of carbonyl (C=O) groups is 1. The molecular weight excluding hydrogens is 588 g/mol. The largest absolute Gasteiger partial charge is 0.450 e. The molecule has 0 bridgehead atoms. The molecule has 10 heteroatoms. The molecule has 0 radical (unpaired) electrons. The van der Waals surface area contributed by atoms with Crippen molar-refractivity contribution >= 4 is 90.8 Å². The highest BCUT2D eigenvalue weighted by molar-refractivity contribution is 9.11. The van der Waals surface area contributed by atoms with Crippen LogP contribution < -0.4 is 11.1 Å². The van der Waals surface area contributed by atoms with Crippen molar-refractivity contribution < 1.29 is 9.53 Å². The van der Waals surface area contributed by atoms with Gasteiger partial charge in [-0.1, -0.05) is 44.0 Å². The first kappa shape index (κ1) is 25.0. The smallest absolute Gasteiger partial charge is 0.412 e. The minimum Gasteiger partial charge on any atom is -0.450 e. The van der Waals surface area contributed by atoms with Crippen LogP contribution in [0.3, 0.4) is 0 Å². The molecule has 4 rings (SSSR count). The summed E-state index contributed by atoms with van der Waals surface area (Å²) in [6.07, 6.45) is -0.542. The van der Waals surface area contributed by atoms with Gasteiger partial charge in [-0.05, 0) is 44.0 Å². The Morgan fingerprint density at radius 3 is 2.03 bits per heavy atom. The molecule has 2 aromatic carbocycles. The van der Waals surface area contributed by atoms with Gasteiger partial charge in [0.15, 0.2) is 0 Å². The maximum atomic E-state index is 11.5. The Morgan fingerprint density at radius 1 is 1.00 bits per heavy atom. The number of nitriles is 2. The van der Waals surface area contributed by atoms with Gasteiger partial charge in [-0.15, -0.1) is 22.7 Å². The maximum absolute atomic E-state index is 11.5. The third-order valence-corrected chi connectivity index (χ3v) is 8.43. The number of thiophene rings is 2. The van der Waals surface area contributed by atoms with E-state index in [1.165, 1.54) is 22.7 Å². The number of halogens is 2. The second kappa shape index (κ2) is 10.5. The van der Waals surface area contributed by atoms with Crippen LogP contribution in [0, 0.1) is 36.5 Å². The van der Waals surface area contributed by atoms with Crippen molar-refractivity contribution in [3.63, 3.8) is 0 Å². The molecule has 3 N–H and O–H groups in total. The van der Waals surface area contributed by atoms with Crippen molar-refractivity contribution in [3.05, 3.63) is 55.5 Å². The van der Waals surface area contributed by atoms with Crippen LogP contribution in [0.4, 0.5) is 14.8 Å². The SMILES string of the molecule is CCOC(=O)Nc1sc2c(C)ccc(Br)c2c1C#N.Cc1ccc(Br)c2c(C#N)c(N)sc12. The summed E-state index contributed by atoms with van der Waals surface area (Å²) in [7, 11) is 0. The van der Waals surface area contributed by atoms with Crippen molar-refractivity contribution in [1.82, 2.24) is 0 Å². The van der Waals surface area contributed by atoms with Gasteiger partial charge in [-0.25, -0.2) is 4.79 Å². The fourth-order valence-corrected chi connectivity index (χ4v) is 6.63. The first-order chi connectivity index (χ1) is 15.7. The summed E-state index contributed by atoms with van der Waals surface area (Å²) in [5, 5.41) is 23.8. The Morgan fingerprint density at radius 2 is 1.52 bits per heavy atom. The number of aryl methyl sites for hydroxylation is 2. The summed E-state index contributed by atoms with van der Waals surface area (Å²) in [6.45, 7) is 6.02. The third-order valence-electron chi connectivity index (χ3n) is 4.71. The lowest BCUT2D eigenvalue weighted by Crippen LogP contribution is -2.12. The molecule has 33 heavy (non-hydrogen) atoms. The van der Waals surface area contributed by atoms with Crippen LogP contribution in [0.5, 0.6) is 0 Å². The fourth-order valence-electron chi connectivity index (χ4n) is 3.17. The number of rotatable bonds is 2. The van der Waals surface area contributed by atoms with Crippen LogP contribution in [0.2, 0.25) is 0 Å². The lowest BCUT2D eigenvalue weighted by Gasteiger charge is -2.02. The summed E-state index contributed by atoms with van der Waals surface area (Å²) in [4.78, 5) is 11.5. The molecule has 0 aliphatic heterocycles. The maximum Gasteiger partial charge on any atom is 0.412 e. The highest BCUT2D eigenvalue weighted by Crippen LogP contribution is 2.41. The van der Waals surface area contributed by atoms with Gasteiger partial charge in [0.25, 0.3) is 0 Å². The van der Waals surface area contributed by atoms with Crippen LogP contribution >= 0.6 is 54.5 Å². The van der Waals surface area contributed by atoms with Crippen LogP contribution in [0.15, 0.2) is 33.2 Å². The quantitative estimate of drug-likeness (QED) is 0.242. The minimum atomic E-state index is -0.542. The highest BCUT2D eigenvalue weighted by Gasteiger charge is 2.18. The molecule has 2 heterocycles. The summed E-state index contributed by atoms with van der Waals surface area (Å²) in [5.41, 5.74) is 9.04. The van der Waals surface area contributed by atoms with E-state index in [2.05, 4.69) is 49.3 Å². The lowest BCUT2D eigenvalue weighted by molar-refractivity contribution is 0.168. The molecule has 0 aliphatic rings. The van der Waals surface area contributed by atoms with E-state index in [1.807, 2.05) is 38.1 Å². The zero-order chi connectivity index (χ0) is 24.3. The summed E-state index contributed by atoms with van der Waals surface area (Å²) < 4.78 is 8.69. The van der Waals surface area contributed by atoms with Crippen molar-refractivity contribution in [2.75, 3.05) is 17.7 Å². The molecule has 1 amide bonds. The van der Waals surface area contributed by atoms with Crippen LogP contribution in [0.1, 0.15) is 29.2 Å². The second-order valence-corrected chi connectivity index (χ2v) is 10.6. The van der Waals surface area contributed by atoms with Gasteiger partial charge in [0.2, 0.25) is 0 Å². The Hall–Kier alpha value is -2.63. The van der Waals surface area contributed by atoms with E-state index in [1.54, 1.807) is 6.92 Å². The molecule has 0 saturated heterocycles. The highest BCUT2D eigenvalue weighted by atomic mass is 79.9. The summed E-state index contributed by atoms with van der Waals surface area (Å²) in [5.74, 6) is 0. The van der Waals surface area contributed by atoms with Gasteiger partial charge >= 0.3 is 6.09 Å². The lowest BCUT2D eigenvalue weighted by atomic mass is 10.1. The van der Waals surface area contributed by atoms with Crippen LogP contribution in [-0.2, 0) is 4.74 Å². The summed E-state index contributed by atoms with van der Waals surface area (Å²) in [6, 6.07) is 12.1. The number of fused-ring (bicyclic) bond motifs is 2. The number of benzene rings is 2. The van der Waals surface area contributed by atoms with E-state index in [-0.39, 0.29) is 0 Å². The Balaban J connectivity index is 0.000000194. The number of ether oxygens (including phenoxy) is 1. The van der Waals surface area contributed by atoms with E-state index in [4.69, 9.17) is 15.7 Å². The van der Waals surface area contributed by atoms with E-state index < -0.39 is 6.09 Å². The second-order valence-electron chi connectivity index (χ2n) is 6.85. The molecule has 0 atom stereocenters. The number of carbonyl (C=O) groups excluding carboxylic acids is 1. The van der Waals surface area contributed by atoms with Crippen LogP contribution in [0.25, 0.3) is 20.2 Å². The number of nitrogens with zero attached hydrogens (tertiary/aromatic N) is 2. The molecular formula is C23H18Br2N4O2S2. The Kier molecular flexibility index (Phi) is 7.98. The zero-order valence-electron chi connectivity index (χ0n) is 17.9. The van der Waals surface area contributed by atoms with E-state index in [0.717, 1.165) is 40.2 Å². The van der Waals surface area contributed by atoms with Gasteiger partial charge in [0, 0.05) is 29.1 Å². The van der Waals surface area contributed by atoms with E-state index >= 15 is 0 Å². The van der Waals surface area contributed by atoms with Crippen molar-refractivity contribution in [2.24, 2.45) is 0 Å². The van der Waals surface area contributed by atoms with Crippen molar-refractivity contribution in [1.29, 1.82) is 10.5 Å². The van der Waals surface area contributed by atoms with Gasteiger partial charge in [-0.3, -0.25) is 5.32 Å². The molecule has 6 nitrogen and oxygen atoms in total. The molecule has 0 aliphatic carbocycles. The normalized spacial score (nSPS) is 10.3. The average molecular weight is 606 g/mol. The summed E-state index contributed by atoms with van der Waals surface area (Å²) >= 11 is 9.73. The molecule has 2 aromatic heterocycles. The predicted octanol–water partition coefficient (Wildman–Crippen LogP) is 7.84. The van der Waals surface area contributed by atoms with Gasteiger partial charge in [0.1, 0.15) is 22.1 Å². The number of nitrogen functional groups attached to an aromatic ring is 1. The first-order valence-electron chi connectivity index (χ1n) is 9.66. The number of anilines is 2. The third kappa shape index (κ3) is 4.99. The van der Waals surface area contributed by atoms with Crippen LogP contribution in [-0.4, -0.2) is 12.7 Å². The van der Waals surface area contributed by atoms with E-state index in [9.17, 15) is 10.1 Å². The fraction of sp³-hybridized carbons (Fsp3) is 0.174. The minimum absolute atomic E-state index is 0.293. The molecule has 4 aromatic rings. The molecule has 0 fully saturated rings. The molecule has 0 unspecified atom stereocenters. The number of nitrogens with two attached hydrogens (primary N) is 1. The topological polar surface area (TPSA) is 112 Å². The first-order valence-corrected chi connectivity index (χ1v) is 12.9. The molecule has 0 spiro atoms. The van der Waals surface area contributed by atoms with Gasteiger partial charge in [0.05, 0.1) is 17.7 Å². The Bertz CT molecular complexity index is 1460. The molecule has 0 saturated carbocycles. The number of nitrogens with one attached hydrogen (secondary N) is 1. The van der Waals surface area contributed by atoms with Crippen molar-refractivity contribution in [3.8, 4) is 12.1 Å².